The number of likely N-dealkylation sites (N-methyl/N-ethyl adjacent to an activating group) is 1. The quantitative estimate of drug-likeness (QED) is 0.487. The third-order valence-electron chi connectivity index (χ3n) is 7.40. The summed E-state index contributed by atoms with van der Waals surface area (Å²) in [5, 5.41) is 6.66. The van der Waals surface area contributed by atoms with Gasteiger partial charge in [-0.05, 0) is 75.5 Å². The number of nitrogens with zero attached hydrogens (tertiary/aromatic N) is 6. The number of aryl methyl sites for hydroxylation is 2. The van der Waals surface area contributed by atoms with Crippen molar-refractivity contribution >= 4 is 40.7 Å². The van der Waals surface area contributed by atoms with Crippen LogP contribution < -0.4 is 25.2 Å². The van der Waals surface area contributed by atoms with E-state index in [1.165, 1.54) is 11.3 Å². The van der Waals surface area contributed by atoms with Gasteiger partial charge in [-0.25, -0.2) is 9.97 Å². The highest BCUT2D eigenvalue weighted by Crippen LogP contribution is 2.37. The van der Waals surface area contributed by atoms with Crippen molar-refractivity contribution in [2.24, 2.45) is 5.92 Å². The Bertz CT molecular complexity index is 1350. The van der Waals surface area contributed by atoms with Crippen LogP contribution in [0.5, 0.6) is 5.75 Å². The molecule has 10 nitrogen and oxygen atoms in total. The minimum Gasteiger partial charge on any atom is -0.480 e. The van der Waals surface area contributed by atoms with Crippen LogP contribution in [0, 0.1) is 19.8 Å². The number of anilines is 6. The van der Waals surface area contributed by atoms with Crippen LogP contribution in [0.25, 0.3) is 0 Å². The number of pyridine rings is 1. The van der Waals surface area contributed by atoms with Crippen molar-refractivity contribution in [3.63, 3.8) is 0 Å². The van der Waals surface area contributed by atoms with Gasteiger partial charge in [-0.1, -0.05) is 0 Å². The van der Waals surface area contributed by atoms with Crippen LogP contribution in [-0.2, 0) is 4.79 Å². The predicted molar refractivity (Wildman–Crippen MR) is 149 cm³/mol. The molecule has 1 saturated carbocycles. The lowest BCUT2D eigenvalue weighted by Gasteiger charge is -2.35. The van der Waals surface area contributed by atoms with E-state index in [2.05, 4.69) is 57.6 Å². The minimum atomic E-state index is -0.0484. The number of ether oxygens (including phenoxy) is 1. The monoisotopic (exact) mass is 514 g/mol. The number of benzene rings is 1. The van der Waals surface area contributed by atoms with Crippen molar-refractivity contribution in [3.8, 4) is 5.75 Å². The molecule has 38 heavy (non-hydrogen) atoms. The summed E-state index contributed by atoms with van der Waals surface area (Å²) in [4.78, 5) is 33.0. The summed E-state index contributed by atoms with van der Waals surface area (Å²) in [6.45, 7) is 9.07. The van der Waals surface area contributed by atoms with E-state index in [4.69, 9.17) is 14.7 Å². The fourth-order valence-corrected chi connectivity index (χ4v) is 4.91. The van der Waals surface area contributed by atoms with Crippen LogP contribution >= 0.6 is 0 Å². The summed E-state index contributed by atoms with van der Waals surface area (Å²) in [7, 11) is 2.17. The third-order valence-corrected chi connectivity index (χ3v) is 7.40. The fourth-order valence-electron chi connectivity index (χ4n) is 4.91. The van der Waals surface area contributed by atoms with Gasteiger partial charge in [0.15, 0.2) is 18.2 Å². The Morgan fingerprint density at radius 2 is 1.82 bits per heavy atom. The van der Waals surface area contributed by atoms with E-state index in [1.54, 1.807) is 11.1 Å². The Morgan fingerprint density at radius 3 is 2.58 bits per heavy atom. The second-order valence-electron chi connectivity index (χ2n) is 10.5. The lowest BCUT2D eigenvalue weighted by molar-refractivity contribution is -0.121. The number of fused-ring (bicyclic) bond motifs is 1. The number of rotatable bonds is 7. The normalized spacial score (nSPS) is 17.7. The van der Waals surface area contributed by atoms with E-state index < -0.39 is 0 Å². The molecule has 10 heteroatoms. The van der Waals surface area contributed by atoms with Crippen molar-refractivity contribution in [1.29, 1.82) is 0 Å². The van der Waals surface area contributed by atoms with E-state index >= 15 is 0 Å². The molecule has 1 amide bonds. The molecule has 0 unspecified atom stereocenters. The lowest BCUT2D eigenvalue weighted by atomic mass is 10.1. The van der Waals surface area contributed by atoms with Gasteiger partial charge in [0.05, 0.1) is 0 Å². The number of hydrogen-bond donors (Lipinski definition) is 2. The highest BCUT2D eigenvalue weighted by Gasteiger charge is 2.33. The van der Waals surface area contributed by atoms with Crippen molar-refractivity contribution in [1.82, 2.24) is 19.9 Å². The summed E-state index contributed by atoms with van der Waals surface area (Å²) in [5.41, 5.74) is 4.32. The van der Waals surface area contributed by atoms with E-state index in [9.17, 15) is 4.79 Å². The maximum absolute atomic E-state index is 12.5. The molecule has 2 fully saturated rings. The van der Waals surface area contributed by atoms with E-state index in [1.807, 2.05) is 19.1 Å². The largest absolute Gasteiger partial charge is 0.480 e. The molecule has 0 spiro atoms. The Kier molecular flexibility index (Phi) is 6.49. The Morgan fingerprint density at radius 1 is 1.00 bits per heavy atom. The maximum Gasteiger partial charge on any atom is 0.266 e. The fraction of sp³-hybridized carbons (Fsp3) is 0.429. The summed E-state index contributed by atoms with van der Waals surface area (Å²) in [6, 6.07) is 10.1. The predicted octanol–water partition coefficient (Wildman–Crippen LogP) is 3.86. The number of hydrogen-bond acceptors (Lipinski definition) is 9. The first kappa shape index (κ1) is 24.4. The van der Waals surface area contributed by atoms with Crippen LogP contribution in [0.3, 0.4) is 0 Å². The van der Waals surface area contributed by atoms with Gasteiger partial charge in [0, 0.05) is 55.9 Å². The summed E-state index contributed by atoms with van der Waals surface area (Å²) in [6.07, 6.45) is 4.10. The summed E-state index contributed by atoms with van der Waals surface area (Å²) in [5.74, 6) is 3.46. The average Bonchev–Trinajstić information content (AvgIpc) is 3.73. The van der Waals surface area contributed by atoms with E-state index in [0.717, 1.165) is 50.3 Å². The number of carbonyl (C=O) groups is 1. The second kappa shape index (κ2) is 10.1. The number of piperazine rings is 1. The molecule has 1 aromatic carbocycles. The van der Waals surface area contributed by atoms with E-state index in [-0.39, 0.29) is 12.5 Å². The smallest absolute Gasteiger partial charge is 0.266 e. The highest BCUT2D eigenvalue weighted by molar-refractivity contribution is 5.97. The molecular formula is C28H34N8O2. The van der Waals surface area contributed by atoms with Crippen molar-refractivity contribution < 1.29 is 9.53 Å². The molecule has 4 heterocycles. The van der Waals surface area contributed by atoms with Gasteiger partial charge in [-0.3, -0.25) is 9.69 Å². The lowest BCUT2D eigenvalue weighted by Crippen LogP contribution is -2.44. The Hall–Kier alpha value is -3.92. The average molecular weight is 515 g/mol. The van der Waals surface area contributed by atoms with Gasteiger partial charge in [0.25, 0.3) is 5.91 Å². The minimum absolute atomic E-state index is 0.0484. The molecule has 0 bridgehead atoms. The first-order valence-electron chi connectivity index (χ1n) is 13.3. The molecular weight excluding hydrogens is 480 g/mol. The van der Waals surface area contributed by atoms with Gasteiger partial charge >= 0.3 is 0 Å². The van der Waals surface area contributed by atoms with Gasteiger partial charge in [0.2, 0.25) is 5.95 Å². The third kappa shape index (κ3) is 5.22. The Balaban J connectivity index is 1.18. The van der Waals surface area contributed by atoms with Crippen LogP contribution in [0.2, 0.25) is 0 Å². The zero-order valence-corrected chi connectivity index (χ0v) is 22.2. The van der Waals surface area contributed by atoms with Crippen LogP contribution in [0.4, 0.5) is 34.8 Å². The van der Waals surface area contributed by atoms with Gasteiger partial charge < -0.3 is 25.2 Å². The molecule has 2 aliphatic heterocycles. The Labute approximate surface area is 223 Å². The van der Waals surface area contributed by atoms with Crippen LogP contribution in [0.1, 0.15) is 24.0 Å². The number of amides is 1. The molecule has 3 aliphatic rings. The summed E-state index contributed by atoms with van der Waals surface area (Å²) < 4.78 is 5.62. The molecule has 2 N–H and O–H groups in total. The van der Waals surface area contributed by atoms with Crippen molar-refractivity contribution in [3.05, 3.63) is 47.7 Å². The van der Waals surface area contributed by atoms with Crippen LogP contribution in [0.15, 0.2) is 36.5 Å². The molecule has 0 atom stereocenters. The molecule has 1 saturated heterocycles. The first-order chi connectivity index (χ1) is 18.4. The first-order valence-corrected chi connectivity index (χ1v) is 13.3. The topological polar surface area (TPSA) is 98.8 Å². The van der Waals surface area contributed by atoms with Crippen molar-refractivity contribution in [2.45, 2.75) is 26.7 Å². The zero-order chi connectivity index (χ0) is 26.2. The number of nitrogens with one attached hydrogen (secondary N) is 2. The van der Waals surface area contributed by atoms with Gasteiger partial charge in [0.1, 0.15) is 11.6 Å². The molecule has 6 rings (SSSR count). The summed E-state index contributed by atoms with van der Waals surface area (Å²) >= 11 is 0. The standard InChI is InChI=1S/C28H34N8O2/c1-18-14-21(6-7-22(18)35-12-10-34(3)11-13-35)30-28-29-15-19(2)26(33-28)31-24-9-8-23-27(32-24)36(16-20-4-5-20)25(37)17-38-23/h6-9,14-15,20H,4-5,10-13,16-17H2,1-3H3,(H2,29,30,31,32,33). The molecule has 0 radical (unpaired) electrons. The molecule has 1 aliphatic carbocycles. The SMILES string of the molecule is Cc1cc(Nc2ncc(C)c(Nc3ccc4c(n3)N(CC3CC3)C(=O)CO4)n2)ccc1N1CCN(C)CC1. The number of carbonyl (C=O) groups excluding carboxylic acids is 1. The second-order valence-corrected chi connectivity index (χ2v) is 10.5. The van der Waals surface area contributed by atoms with Gasteiger partial charge in [-0.2, -0.15) is 4.98 Å². The zero-order valence-electron chi connectivity index (χ0n) is 22.2. The molecule has 3 aromatic rings. The molecule has 198 valence electrons. The number of aromatic nitrogens is 3. The van der Waals surface area contributed by atoms with Crippen LogP contribution in [-0.4, -0.2) is 72.1 Å². The molecule has 2 aromatic heterocycles. The van der Waals surface area contributed by atoms with E-state index in [0.29, 0.717) is 41.6 Å². The highest BCUT2D eigenvalue weighted by atomic mass is 16.5. The maximum atomic E-state index is 12.5. The van der Waals surface area contributed by atoms with Crippen molar-refractivity contribution in [2.75, 3.05) is 66.8 Å². The van der Waals surface area contributed by atoms with Gasteiger partial charge in [-0.15, -0.1) is 0 Å².